The van der Waals surface area contributed by atoms with Gasteiger partial charge in [0.1, 0.15) is 10.6 Å². The van der Waals surface area contributed by atoms with Gasteiger partial charge in [-0.2, -0.15) is 8.42 Å². The van der Waals surface area contributed by atoms with E-state index in [1.807, 2.05) is 19.1 Å². The number of aryl methyl sites for hydroxylation is 3. The Hall–Kier alpha value is -1.81. The maximum absolute atomic E-state index is 12.2. The first-order valence-corrected chi connectivity index (χ1v) is 8.08. The first-order chi connectivity index (χ1) is 9.54. The van der Waals surface area contributed by atoms with E-state index in [-0.39, 0.29) is 4.90 Å². The molecule has 0 saturated heterocycles. The number of benzene rings is 2. The Balaban J connectivity index is 1.88. The number of fused-ring (bicyclic) bond motifs is 1. The van der Waals surface area contributed by atoms with Crippen molar-refractivity contribution in [2.45, 2.75) is 31.1 Å². The van der Waals surface area contributed by atoms with E-state index in [1.54, 1.807) is 30.3 Å². The Bertz CT molecular complexity index is 731. The van der Waals surface area contributed by atoms with E-state index >= 15 is 0 Å². The van der Waals surface area contributed by atoms with Gasteiger partial charge in [0.05, 0.1) is 0 Å². The molecule has 0 atom stereocenters. The number of rotatable bonds is 3. The molecular formula is C16H16O3S. The third-order valence-corrected chi connectivity index (χ3v) is 4.85. The van der Waals surface area contributed by atoms with Crippen LogP contribution in [0.3, 0.4) is 0 Å². The van der Waals surface area contributed by atoms with Gasteiger partial charge < -0.3 is 4.18 Å². The molecule has 0 amide bonds. The van der Waals surface area contributed by atoms with Crippen molar-refractivity contribution in [3.8, 4) is 5.75 Å². The fourth-order valence-electron chi connectivity index (χ4n) is 2.48. The van der Waals surface area contributed by atoms with Crippen molar-refractivity contribution >= 4 is 10.1 Å². The molecule has 4 heteroatoms. The van der Waals surface area contributed by atoms with Crippen LogP contribution in [0.1, 0.15) is 23.1 Å². The van der Waals surface area contributed by atoms with E-state index in [9.17, 15) is 8.42 Å². The quantitative estimate of drug-likeness (QED) is 0.814. The third-order valence-electron chi connectivity index (χ3n) is 3.59. The van der Waals surface area contributed by atoms with Crippen LogP contribution in [0.2, 0.25) is 0 Å². The van der Waals surface area contributed by atoms with Crippen molar-refractivity contribution in [1.82, 2.24) is 0 Å². The highest BCUT2D eigenvalue weighted by Crippen LogP contribution is 2.27. The molecule has 0 fully saturated rings. The number of hydrogen-bond acceptors (Lipinski definition) is 3. The van der Waals surface area contributed by atoms with Crippen molar-refractivity contribution < 1.29 is 12.6 Å². The molecule has 1 aliphatic rings. The molecule has 1 aliphatic carbocycles. The normalized spacial score (nSPS) is 14.1. The molecule has 0 aliphatic heterocycles. The second-order valence-electron chi connectivity index (χ2n) is 5.13. The smallest absolute Gasteiger partial charge is 0.339 e. The summed E-state index contributed by atoms with van der Waals surface area (Å²) in [5.74, 6) is 0.395. The lowest BCUT2D eigenvalue weighted by Crippen LogP contribution is -2.09. The van der Waals surface area contributed by atoms with Gasteiger partial charge in [0.25, 0.3) is 0 Å². The minimum absolute atomic E-state index is 0.184. The lowest BCUT2D eigenvalue weighted by atomic mass is 10.1. The topological polar surface area (TPSA) is 43.4 Å². The molecule has 0 radical (unpaired) electrons. The second-order valence-corrected chi connectivity index (χ2v) is 6.68. The average molecular weight is 288 g/mol. The van der Waals surface area contributed by atoms with Crippen molar-refractivity contribution in [3.05, 3.63) is 59.2 Å². The summed E-state index contributed by atoms with van der Waals surface area (Å²) in [6.45, 7) is 1.91. The van der Waals surface area contributed by atoms with Gasteiger partial charge in [0.2, 0.25) is 0 Å². The van der Waals surface area contributed by atoms with Gasteiger partial charge >= 0.3 is 10.1 Å². The van der Waals surface area contributed by atoms with E-state index in [0.29, 0.717) is 5.75 Å². The molecule has 0 spiro atoms. The van der Waals surface area contributed by atoms with Crippen LogP contribution in [0.4, 0.5) is 0 Å². The SMILES string of the molecule is Cc1ccc(S(=O)(=O)Oc2ccc3c(c2)CCC3)cc1. The molecule has 0 aromatic heterocycles. The summed E-state index contributed by atoms with van der Waals surface area (Å²) in [5, 5.41) is 0. The van der Waals surface area contributed by atoms with Gasteiger partial charge in [-0.1, -0.05) is 23.8 Å². The van der Waals surface area contributed by atoms with E-state index in [2.05, 4.69) is 0 Å². The van der Waals surface area contributed by atoms with Crippen molar-refractivity contribution in [3.63, 3.8) is 0 Å². The Kier molecular flexibility index (Phi) is 3.26. The van der Waals surface area contributed by atoms with Gasteiger partial charge in [-0.3, -0.25) is 0 Å². The fraction of sp³-hybridized carbons (Fsp3) is 0.250. The molecule has 3 rings (SSSR count). The maximum atomic E-state index is 12.2. The summed E-state index contributed by atoms with van der Waals surface area (Å²) in [6.07, 6.45) is 3.20. The van der Waals surface area contributed by atoms with Gasteiger partial charge in [-0.15, -0.1) is 0 Å². The average Bonchev–Trinajstić information content (AvgIpc) is 2.86. The maximum Gasteiger partial charge on any atom is 0.339 e. The zero-order valence-electron chi connectivity index (χ0n) is 11.3. The first-order valence-electron chi connectivity index (χ1n) is 6.67. The second kappa shape index (κ2) is 4.94. The fourth-order valence-corrected chi connectivity index (χ4v) is 3.40. The molecule has 0 bridgehead atoms. The molecule has 20 heavy (non-hydrogen) atoms. The van der Waals surface area contributed by atoms with Crippen molar-refractivity contribution in [2.24, 2.45) is 0 Å². The lowest BCUT2D eigenvalue weighted by Gasteiger charge is -2.08. The van der Waals surface area contributed by atoms with Gasteiger partial charge in [-0.05, 0) is 61.6 Å². The lowest BCUT2D eigenvalue weighted by molar-refractivity contribution is 0.486. The Labute approximate surface area is 119 Å². The highest BCUT2D eigenvalue weighted by Gasteiger charge is 2.18. The van der Waals surface area contributed by atoms with Crippen molar-refractivity contribution in [1.29, 1.82) is 0 Å². The highest BCUT2D eigenvalue weighted by molar-refractivity contribution is 7.87. The Morgan fingerprint density at radius 3 is 2.40 bits per heavy atom. The van der Waals surface area contributed by atoms with Crippen LogP contribution in [0.25, 0.3) is 0 Å². The summed E-state index contributed by atoms with van der Waals surface area (Å²) >= 11 is 0. The summed E-state index contributed by atoms with van der Waals surface area (Å²) in [7, 11) is -3.75. The summed E-state index contributed by atoms with van der Waals surface area (Å²) in [6, 6.07) is 12.2. The summed E-state index contributed by atoms with van der Waals surface area (Å²) < 4.78 is 29.6. The van der Waals surface area contributed by atoms with Crippen LogP contribution in [0, 0.1) is 6.92 Å². The molecular weight excluding hydrogens is 272 g/mol. The summed E-state index contributed by atoms with van der Waals surface area (Å²) in [4.78, 5) is 0.184. The third kappa shape index (κ3) is 2.56. The zero-order chi connectivity index (χ0) is 14.2. The molecule has 104 valence electrons. The molecule has 3 nitrogen and oxygen atoms in total. The summed E-state index contributed by atoms with van der Waals surface area (Å²) in [5.41, 5.74) is 3.51. The highest BCUT2D eigenvalue weighted by atomic mass is 32.2. The predicted molar refractivity (Wildman–Crippen MR) is 77.5 cm³/mol. The predicted octanol–water partition coefficient (Wildman–Crippen LogP) is 3.25. The van der Waals surface area contributed by atoms with Crippen molar-refractivity contribution in [2.75, 3.05) is 0 Å². The van der Waals surface area contributed by atoms with Crippen LogP contribution >= 0.6 is 0 Å². The zero-order valence-corrected chi connectivity index (χ0v) is 12.1. The largest absolute Gasteiger partial charge is 0.379 e. The van der Waals surface area contributed by atoms with Crippen LogP contribution in [-0.2, 0) is 23.0 Å². The van der Waals surface area contributed by atoms with Crippen LogP contribution in [0.15, 0.2) is 47.4 Å². The molecule has 0 saturated carbocycles. The standard InChI is InChI=1S/C16H16O3S/c1-12-5-9-16(10-6-12)20(17,18)19-15-8-7-13-3-2-4-14(13)11-15/h5-11H,2-4H2,1H3. The van der Waals surface area contributed by atoms with Gasteiger partial charge in [0.15, 0.2) is 0 Å². The minimum atomic E-state index is -3.75. The first kappa shape index (κ1) is 13.2. The number of hydrogen-bond donors (Lipinski definition) is 0. The molecule has 0 N–H and O–H groups in total. The van der Waals surface area contributed by atoms with Gasteiger partial charge in [0, 0.05) is 0 Å². The molecule has 2 aromatic rings. The van der Waals surface area contributed by atoms with E-state index in [4.69, 9.17) is 4.18 Å². The Morgan fingerprint density at radius 2 is 1.65 bits per heavy atom. The monoisotopic (exact) mass is 288 g/mol. The van der Waals surface area contributed by atoms with E-state index in [0.717, 1.165) is 24.8 Å². The van der Waals surface area contributed by atoms with Crippen LogP contribution in [-0.4, -0.2) is 8.42 Å². The molecule has 2 aromatic carbocycles. The molecule has 0 unspecified atom stereocenters. The minimum Gasteiger partial charge on any atom is -0.379 e. The van der Waals surface area contributed by atoms with Crippen LogP contribution < -0.4 is 4.18 Å². The Morgan fingerprint density at radius 1 is 0.950 bits per heavy atom. The van der Waals surface area contributed by atoms with E-state index < -0.39 is 10.1 Å². The van der Waals surface area contributed by atoms with E-state index in [1.165, 1.54) is 11.1 Å². The van der Waals surface area contributed by atoms with Crippen LogP contribution in [0.5, 0.6) is 5.75 Å². The van der Waals surface area contributed by atoms with Gasteiger partial charge in [-0.25, -0.2) is 0 Å². The molecule has 0 heterocycles.